The highest BCUT2D eigenvalue weighted by Crippen LogP contribution is 2.51. The van der Waals surface area contributed by atoms with Crippen LogP contribution < -0.4 is 5.32 Å². The summed E-state index contributed by atoms with van der Waals surface area (Å²) in [6.07, 6.45) is 10.8. The SMILES string of the molecule is O=C(O)CC12CCC(c3ccc(-c4cnc(Nc5nnc(C6CCC6)s5)cn4)cc3)(CC1)CO2. The van der Waals surface area contributed by atoms with Crippen LogP contribution in [0.3, 0.4) is 0 Å². The van der Waals surface area contributed by atoms with Crippen LogP contribution in [0.25, 0.3) is 11.3 Å². The number of rotatable bonds is 7. The number of carboxylic acids is 1. The van der Waals surface area contributed by atoms with Crippen LogP contribution in [0.15, 0.2) is 36.7 Å². The number of carboxylic acid groups (broad SMARTS) is 1. The third-order valence-electron chi connectivity index (χ3n) is 7.82. The number of aromatic nitrogens is 4. The molecule has 2 saturated carbocycles. The van der Waals surface area contributed by atoms with Gasteiger partial charge in [0.05, 0.1) is 36.7 Å². The number of fused-ring (bicyclic) bond motifs is 3. The maximum Gasteiger partial charge on any atom is 0.306 e. The Bertz CT molecular complexity index is 1170. The molecule has 34 heavy (non-hydrogen) atoms. The van der Waals surface area contributed by atoms with Crippen molar-refractivity contribution in [2.75, 3.05) is 11.9 Å². The molecule has 2 saturated heterocycles. The van der Waals surface area contributed by atoms with E-state index in [9.17, 15) is 9.90 Å². The Labute approximate surface area is 201 Å². The van der Waals surface area contributed by atoms with Crippen molar-refractivity contribution in [3.8, 4) is 11.3 Å². The van der Waals surface area contributed by atoms with E-state index in [1.165, 1.54) is 24.8 Å². The lowest BCUT2D eigenvalue weighted by molar-refractivity contribution is -0.174. The second-order valence-corrected chi connectivity index (χ2v) is 10.9. The third kappa shape index (κ3) is 3.96. The molecule has 7 rings (SSSR count). The number of benzene rings is 1. The van der Waals surface area contributed by atoms with Crippen LogP contribution in [0.2, 0.25) is 0 Å². The Morgan fingerprint density at radius 2 is 1.88 bits per heavy atom. The first-order valence-corrected chi connectivity index (χ1v) is 12.7. The summed E-state index contributed by atoms with van der Waals surface area (Å²) in [7, 11) is 0. The maximum atomic E-state index is 11.2. The van der Waals surface area contributed by atoms with E-state index in [0.29, 0.717) is 18.3 Å². The van der Waals surface area contributed by atoms with Crippen LogP contribution in [-0.4, -0.2) is 43.4 Å². The maximum absolute atomic E-state index is 11.2. The van der Waals surface area contributed by atoms with E-state index >= 15 is 0 Å². The number of ether oxygens (including phenoxy) is 1. The molecule has 4 aliphatic rings. The number of nitrogens with zero attached hydrogens (tertiary/aromatic N) is 4. The Hall–Kier alpha value is -2.91. The molecule has 2 aliphatic carbocycles. The summed E-state index contributed by atoms with van der Waals surface area (Å²) in [6, 6.07) is 8.49. The monoisotopic (exact) mass is 477 g/mol. The van der Waals surface area contributed by atoms with Crippen molar-refractivity contribution in [3.63, 3.8) is 0 Å². The first-order valence-electron chi connectivity index (χ1n) is 11.9. The van der Waals surface area contributed by atoms with Gasteiger partial charge in [-0.3, -0.25) is 9.78 Å². The largest absolute Gasteiger partial charge is 0.481 e. The molecule has 2 aromatic heterocycles. The lowest BCUT2D eigenvalue weighted by Gasteiger charge is -2.53. The summed E-state index contributed by atoms with van der Waals surface area (Å²) in [6.45, 7) is 0.591. The molecule has 0 amide bonds. The molecule has 3 aromatic rings. The molecule has 4 fully saturated rings. The lowest BCUT2D eigenvalue weighted by Crippen LogP contribution is -2.54. The zero-order chi connectivity index (χ0) is 23.2. The standard InChI is InChI=1S/C25H27N5O3S/c31-21(32)12-25-10-8-24(9-11-25,15-33-25)18-6-4-16(5-7-18)19-13-27-20(14-26-19)28-23-30-29-22(34-23)17-2-1-3-17/h4-7,13-14,17H,1-3,8-12,15H2,(H,31,32)(H,27,28,30). The predicted octanol–water partition coefficient (Wildman–Crippen LogP) is 5.06. The van der Waals surface area contributed by atoms with E-state index in [1.807, 2.05) is 0 Å². The first kappa shape index (κ1) is 21.6. The van der Waals surface area contributed by atoms with Crippen molar-refractivity contribution >= 4 is 28.3 Å². The number of aliphatic carboxylic acids is 1. The number of anilines is 2. The Morgan fingerprint density at radius 1 is 1.09 bits per heavy atom. The minimum Gasteiger partial charge on any atom is -0.481 e. The van der Waals surface area contributed by atoms with E-state index < -0.39 is 11.6 Å². The summed E-state index contributed by atoms with van der Waals surface area (Å²) in [4.78, 5) is 20.3. The van der Waals surface area contributed by atoms with E-state index in [-0.39, 0.29) is 11.8 Å². The molecule has 1 aromatic carbocycles. The molecular formula is C25H27N5O3S. The van der Waals surface area contributed by atoms with Gasteiger partial charge in [-0.05, 0) is 44.1 Å². The van der Waals surface area contributed by atoms with Crippen molar-refractivity contribution < 1.29 is 14.6 Å². The van der Waals surface area contributed by atoms with Crippen molar-refractivity contribution in [1.82, 2.24) is 20.2 Å². The number of hydrogen-bond acceptors (Lipinski definition) is 8. The molecule has 0 radical (unpaired) electrons. The fourth-order valence-corrected chi connectivity index (χ4v) is 6.31. The minimum absolute atomic E-state index is 0.0156. The molecular weight excluding hydrogens is 450 g/mol. The fraction of sp³-hybridized carbons (Fsp3) is 0.480. The quantitative estimate of drug-likeness (QED) is 0.486. The van der Waals surface area contributed by atoms with Crippen molar-refractivity contribution in [3.05, 3.63) is 47.2 Å². The number of hydrogen-bond donors (Lipinski definition) is 2. The summed E-state index contributed by atoms with van der Waals surface area (Å²) in [5.41, 5.74) is 2.59. The van der Waals surface area contributed by atoms with Gasteiger partial charge >= 0.3 is 5.97 Å². The van der Waals surface area contributed by atoms with Crippen LogP contribution in [0.4, 0.5) is 10.9 Å². The van der Waals surface area contributed by atoms with Crippen molar-refractivity contribution in [1.29, 1.82) is 0 Å². The van der Waals surface area contributed by atoms with Gasteiger partial charge < -0.3 is 15.2 Å². The van der Waals surface area contributed by atoms with Crippen LogP contribution in [0.5, 0.6) is 0 Å². The molecule has 0 unspecified atom stereocenters. The van der Waals surface area contributed by atoms with E-state index in [0.717, 1.165) is 47.1 Å². The van der Waals surface area contributed by atoms with Gasteiger partial charge in [0, 0.05) is 16.9 Å². The van der Waals surface area contributed by atoms with Crippen molar-refractivity contribution in [2.24, 2.45) is 0 Å². The lowest BCUT2D eigenvalue weighted by atomic mass is 9.62. The summed E-state index contributed by atoms with van der Waals surface area (Å²) >= 11 is 1.59. The van der Waals surface area contributed by atoms with Gasteiger partial charge in [0.2, 0.25) is 5.13 Å². The third-order valence-corrected chi connectivity index (χ3v) is 8.82. The molecule has 4 heterocycles. The summed E-state index contributed by atoms with van der Waals surface area (Å²) in [5.74, 6) is 0.454. The zero-order valence-corrected chi connectivity index (χ0v) is 19.7. The zero-order valence-electron chi connectivity index (χ0n) is 18.9. The summed E-state index contributed by atoms with van der Waals surface area (Å²) in [5, 5.41) is 22.8. The van der Waals surface area contributed by atoms with Gasteiger partial charge in [-0.25, -0.2) is 4.98 Å². The highest BCUT2D eigenvalue weighted by Gasteiger charge is 2.51. The molecule has 2 bridgehead atoms. The molecule has 2 aliphatic heterocycles. The highest BCUT2D eigenvalue weighted by atomic mass is 32.1. The first-order chi connectivity index (χ1) is 16.5. The van der Waals surface area contributed by atoms with E-state index in [1.54, 1.807) is 23.7 Å². The normalized spacial score (nSPS) is 26.2. The van der Waals surface area contributed by atoms with Gasteiger partial charge in [0.1, 0.15) is 5.01 Å². The highest BCUT2D eigenvalue weighted by molar-refractivity contribution is 7.15. The van der Waals surface area contributed by atoms with E-state index in [2.05, 4.69) is 49.7 Å². The second-order valence-electron chi connectivity index (χ2n) is 9.89. The minimum atomic E-state index is -0.775. The molecule has 2 N–H and O–H groups in total. The number of carbonyl (C=O) groups is 1. The van der Waals surface area contributed by atoms with Gasteiger partial charge in [-0.1, -0.05) is 42.0 Å². The van der Waals surface area contributed by atoms with Gasteiger partial charge in [-0.2, -0.15) is 0 Å². The Kier molecular flexibility index (Phi) is 5.33. The smallest absolute Gasteiger partial charge is 0.306 e. The molecule has 9 heteroatoms. The van der Waals surface area contributed by atoms with E-state index in [4.69, 9.17) is 4.74 Å². The Morgan fingerprint density at radius 3 is 2.47 bits per heavy atom. The van der Waals surface area contributed by atoms with Gasteiger partial charge in [-0.15, -0.1) is 10.2 Å². The van der Waals surface area contributed by atoms with Gasteiger partial charge in [0.15, 0.2) is 5.82 Å². The summed E-state index contributed by atoms with van der Waals surface area (Å²) < 4.78 is 6.12. The van der Waals surface area contributed by atoms with Crippen LogP contribution in [0, 0.1) is 0 Å². The van der Waals surface area contributed by atoms with Crippen LogP contribution >= 0.6 is 11.3 Å². The topological polar surface area (TPSA) is 110 Å². The Balaban J connectivity index is 1.11. The predicted molar refractivity (Wildman–Crippen MR) is 128 cm³/mol. The average molecular weight is 478 g/mol. The molecule has 0 atom stereocenters. The molecule has 176 valence electrons. The molecule has 8 nitrogen and oxygen atoms in total. The average Bonchev–Trinajstić information content (AvgIpc) is 3.27. The second kappa shape index (κ2) is 8.39. The van der Waals surface area contributed by atoms with Gasteiger partial charge in [0.25, 0.3) is 0 Å². The van der Waals surface area contributed by atoms with Crippen LogP contribution in [0.1, 0.15) is 67.9 Å². The van der Waals surface area contributed by atoms with Crippen molar-refractivity contribution in [2.45, 2.75) is 68.3 Å². The van der Waals surface area contributed by atoms with Crippen LogP contribution in [-0.2, 0) is 14.9 Å². The molecule has 0 spiro atoms. The fourth-order valence-electron chi connectivity index (χ4n) is 5.39. The number of nitrogens with one attached hydrogen (secondary N) is 1.